The number of aromatic nitrogens is 2. The van der Waals surface area contributed by atoms with Gasteiger partial charge < -0.3 is 10.2 Å². The van der Waals surface area contributed by atoms with Crippen LogP contribution in [0.25, 0.3) is 0 Å². The van der Waals surface area contributed by atoms with E-state index in [9.17, 15) is 10.2 Å². The highest BCUT2D eigenvalue weighted by molar-refractivity contribution is 5.26. The van der Waals surface area contributed by atoms with Gasteiger partial charge in [0.2, 0.25) is 0 Å². The van der Waals surface area contributed by atoms with E-state index in [1.54, 1.807) is 6.20 Å². The fourth-order valence-electron chi connectivity index (χ4n) is 9.23. The van der Waals surface area contributed by atoms with Crippen molar-refractivity contribution in [2.24, 2.45) is 46.8 Å². The Morgan fingerprint density at radius 1 is 1.19 bits per heavy atom. The quantitative estimate of drug-likeness (QED) is 0.661. The van der Waals surface area contributed by atoms with Crippen molar-refractivity contribution in [3.05, 3.63) is 18.0 Å². The van der Waals surface area contributed by atoms with Crippen LogP contribution in [0.5, 0.6) is 0 Å². The molecule has 10 atom stereocenters. The third-order valence-corrected chi connectivity index (χ3v) is 10.9. The molecule has 0 spiro atoms. The molecular formula is C28H42N2O2. The zero-order valence-corrected chi connectivity index (χ0v) is 20.4. The van der Waals surface area contributed by atoms with Crippen LogP contribution in [0.3, 0.4) is 0 Å². The van der Waals surface area contributed by atoms with Crippen molar-refractivity contribution >= 4 is 0 Å². The summed E-state index contributed by atoms with van der Waals surface area (Å²) in [4.78, 5) is 0. The van der Waals surface area contributed by atoms with E-state index in [2.05, 4.69) is 31.8 Å². The van der Waals surface area contributed by atoms with Crippen molar-refractivity contribution in [3.8, 4) is 12.3 Å². The molecule has 4 saturated carbocycles. The second kappa shape index (κ2) is 7.60. The Labute approximate surface area is 194 Å². The highest BCUT2D eigenvalue weighted by atomic mass is 16.3. The van der Waals surface area contributed by atoms with Gasteiger partial charge in [0.25, 0.3) is 0 Å². The Morgan fingerprint density at radius 2 is 1.97 bits per heavy atom. The molecule has 1 heterocycles. The van der Waals surface area contributed by atoms with Crippen molar-refractivity contribution < 1.29 is 10.2 Å². The van der Waals surface area contributed by atoms with Crippen LogP contribution in [0, 0.1) is 59.2 Å². The molecule has 0 radical (unpaired) electrons. The maximum atomic E-state index is 11.7. The van der Waals surface area contributed by atoms with Crippen LogP contribution in [0.2, 0.25) is 0 Å². The minimum Gasteiger partial charge on any atom is -0.390 e. The first kappa shape index (κ1) is 22.5. The van der Waals surface area contributed by atoms with E-state index < -0.39 is 11.2 Å². The lowest BCUT2D eigenvalue weighted by atomic mass is 9.47. The minimum absolute atomic E-state index is 0.200. The first-order valence-corrected chi connectivity index (χ1v) is 13.0. The molecule has 2 N–H and O–H groups in total. The van der Waals surface area contributed by atoms with E-state index in [4.69, 9.17) is 6.42 Å². The molecule has 4 fully saturated rings. The lowest BCUT2D eigenvalue weighted by Gasteiger charge is -2.58. The summed E-state index contributed by atoms with van der Waals surface area (Å²) in [5.41, 5.74) is -0.302. The predicted molar refractivity (Wildman–Crippen MR) is 127 cm³/mol. The van der Waals surface area contributed by atoms with E-state index in [0.29, 0.717) is 24.3 Å². The molecule has 0 unspecified atom stereocenters. The van der Waals surface area contributed by atoms with Gasteiger partial charge in [0.1, 0.15) is 0 Å². The number of fused-ring (bicyclic) bond motifs is 5. The average molecular weight is 439 g/mol. The fraction of sp³-hybridized carbons (Fsp3) is 0.821. The minimum atomic E-state index is -0.788. The SMILES string of the molecule is C#Cc1cnn(C[C@@](C)(O)[C@H]2CC[C@H]3[C@@H]4CC[C@@H]5C[C@](C)(O)[C@@H](C)C[C@@H]5[C@H]4CC[C@@]32C)c1. The third kappa shape index (κ3) is 3.46. The lowest BCUT2D eigenvalue weighted by molar-refractivity contribution is -0.138. The molecule has 0 aromatic carbocycles. The highest BCUT2D eigenvalue weighted by Crippen LogP contribution is 2.66. The molecule has 1 aromatic heterocycles. The monoisotopic (exact) mass is 438 g/mol. The summed E-state index contributed by atoms with van der Waals surface area (Å²) in [6.45, 7) is 9.34. The van der Waals surface area contributed by atoms with Gasteiger partial charge in [-0.15, -0.1) is 6.42 Å². The number of hydrogen-bond donors (Lipinski definition) is 2. The zero-order valence-electron chi connectivity index (χ0n) is 20.4. The van der Waals surface area contributed by atoms with Crippen molar-refractivity contribution in [2.45, 2.75) is 96.8 Å². The summed E-state index contributed by atoms with van der Waals surface area (Å²) >= 11 is 0. The van der Waals surface area contributed by atoms with Gasteiger partial charge in [-0.2, -0.15) is 5.10 Å². The van der Waals surface area contributed by atoms with E-state index in [1.165, 1.54) is 38.5 Å². The van der Waals surface area contributed by atoms with Crippen LogP contribution in [0.1, 0.15) is 84.6 Å². The first-order chi connectivity index (χ1) is 15.0. The number of rotatable bonds is 3. The summed E-state index contributed by atoms with van der Waals surface area (Å²) in [5.74, 6) is 7.16. The normalized spacial score (nSPS) is 47.6. The van der Waals surface area contributed by atoms with Crippen LogP contribution < -0.4 is 0 Å². The average Bonchev–Trinajstić information content (AvgIpc) is 3.32. The molecule has 0 amide bonds. The Hall–Kier alpha value is -1.31. The molecule has 0 aliphatic heterocycles. The standard InChI is InChI=1S/C28H42N2O2/c1-6-19-15-29-30(16-19)17-28(5,32)25-10-9-24-22-8-7-20-14-27(4,31)18(2)13-23(20)21(22)11-12-26(24,25)3/h1,15-16,18,20-25,31-32H,7-14,17H2,2-5H3/t18-,20+,21-,22+,23-,24-,25-,26-,27-,28+/m0/s1. The van der Waals surface area contributed by atoms with Crippen LogP contribution in [0.15, 0.2) is 12.4 Å². The Balaban J connectivity index is 1.34. The summed E-state index contributed by atoms with van der Waals surface area (Å²) in [6.07, 6.45) is 18.8. The molecule has 4 heteroatoms. The van der Waals surface area contributed by atoms with Gasteiger partial charge in [0.15, 0.2) is 0 Å². The molecule has 4 aliphatic carbocycles. The number of hydrogen-bond acceptors (Lipinski definition) is 3. The van der Waals surface area contributed by atoms with Crippen LogP contribution in [0.4, 0.5) is 0 Å². The fourth-order valence-corrected chi connectivity index (χ4v) is 9.23. The van der Waals surface area contributed by atoms with Gasteiger partial charge in [-0.1, -0.05) is 19.8 Å². The topological polar surface area (TPSA) is 58.3 Å². The number of nitrogens with zero attached hydrogens (tertiary/aromatic N) is 2. The van der Waals surface area contributed by atoms with Gasteiger partial charge in [-0.25, -0.2) is 0 Å². The number of aliphatic hydroxyl groups is 2. The second-order valence-electron chi connectivity index (χ2n) is 12.7. The molecule has 0 saturated heterocycles. The second-order valence-corrected chi connectivity index (χ2v) is 12.7. The van der Waals surface area contributed by atoms with E-state index >= 15 is 0 Å². The van der Waals surface area contributed by atoms with E-state index in [0.717, 1.165) is 42.1 Å². The smallest absolute Gasteiger partial charge is 0.0848 e. The summed E-state index contributed by atoms with van der Waals surface area (Å²) in [7, 11) is 0. The molecule has 1 aromatic rings. The Bertz CT molecular complexity index is 895. The Kier molecular flexibility index (Phi) is 5.34. The first-order valence-electron chi connectivity index (χ1n) is 13.0. The van der Waals surface area contributed by atoms with Gasteiger partial charge in [0, 0.05) is 6.20 Å². The lowest BCUT2D eigenvalue weighted by Crippen LogP contribution is -2.54. The summed E-state index contributed by atoms with van der Waals surface area (Å²) < 4.78 is 1.83. The molecule has 5 rings (SSSR count). The highest BCUT2D eigenvalue weighted by Gasteiger charge is 2.61. The zero-order chi connectivity index (χ0) is 22.9. The number of terminal acetylenes is 1. The Morgan fingerprint density at radius 3 is 2.69 bits per heavy atom. The molecule has 32 heavy (non-hydrogen) atoms. The van der Waals surface area contributed by atoms with Crippen molar-refractivity contribution in [1.29, 1.82) is 0 Å². The molecular weight excluding hydrogens is 396 g/mol. The van der Waals surface area contributed by atoms with Crippen LogP contribution in [-0.2, 0) is 6.54 Å². The largest absolute Gasteiger partial charge is 0.390 e. The van der Waals surface area contributed by atoms with Gasteiger partial charge >= 0.3 is 0 Å². The van der Waals surface area contributed by atoms with Gasteiger partial charge in [0.05, 0.1) is 29.5 Å². The van der Waals surface area contributed by atoms with Crippen molar-refractivity contribution in [2.75, 3.05) is 0 Å². The maximum Gasteiger partial charge on any atom is 0.0848 e. The predicted octanol–water partition coefficient (Wildman–Crippen LogP) is 4.88. The summed E-state index contributed by atoms with van der Waals surface area (Å²) in [5, 5.41) is 27.0. The molecule has 4 aliphatic rings. The molecule has 4 nitrogen and oxygen atoms in total. The molecule has 176 valence electrons. The van der Waals surface area contributed by atoms with E-state index in [1.807, 2.05) is 17.8 Å². The molecule has 0 bridgehead atoms. The third-order valence-electron chi connectivity index (χ3n) is 10.9. The van der Waals surface area contributed by atoms with Gasteiger partial charge in [-0.3, -0.25) is 4.68 Å². The van der Waals surface area contributed by atoms with Crippen LogP contribution in [-0.4, -0.2) is 31.2 Å². The summed E-state index contributed by atoms with van der Waals surface area (Å²) in [6, 6.07) is 0. The van der Waals surface area contributed by atoms with E-state index in [-0.39, 0.29) is 5.41 Å². The maximum absolute atomic E-state index is 11.7. The van der Waals surface area contributed by atoms with Crippen molar-refractivity contribution in [1.82, 2.24) is 9.78 Å². The van der Waals surface area contributed by atoms with Gasteiger partial charge in [-0.05, 0) is 112 Å². The van der Waals surface area contributed by atoms with Crippen molar-refractivity contribution in [3.63, 3.8) is 0 Å². The van der Waals surface area contributed by atoms with Crippen LogP contribution >= 0.6 is 0 Å².